The second-order valence-electron chi connectivity index (χ2n) is 3.99. The fourth-order valence-electron chi connectivity index (χ4n) is 1.75. The Morgan fingerprint density at radius 1 is 0.750 bits per heavy atom. The van der Waals surface area contributed by atoms with Gasteiger partial charge >= 0.3 is 172 Å². The van der Waals surface area contributed by atoms with Crippen LogP contribution in [0.2, 0.25) is 0 Å². The predicted molar refractivity (Wildman–Crippen MR) is 89.6 cm³/mol. The maximum absolute atomic E-state index is 9.49. The van der Waals surface area contributed by atoms with Crippen LogP contribution in [0.5, 0.6) is 0 Å². The second-order valence-corrected chi connectivity index (χ2v) is 4.62. The van der Waals surface area contributed by atoms with Crippen molar-refractivity contribution in [1.29, 1.82) is 0 Å². The van der Waals surface area contributed by atoms with E-state index in [9.17, 15) is 5.11 Å². The molecular formula is C20H15CrNO6. The number of rotatable bonds is 5. The molecule has 142 valence electrons. The van der Waals surface area contributed by atoms with Crippen LogP contribution in [0.4, 0.5) is 0 Å². The topological polar surface area (TPSA) is 132 Å². The van der Waals surface area contributed by atoms with E-state index < -0.39 is 0 Å². The minimum atomic E-state index is -0.0948. The summed E-state index contributed by atoms with van der Waals surface area (Å²) in [7, 11) is 0. The zero-order valence-corrected chi connectivity index (χ0v) is 15.7. The first-order valence-electron chi connectivity index (χ1n) is 6.85. The van der Waals surface area contributed by atoms with Crippen molar-refractivity contribution in [2.75, 3.05) is 6.61 Å². The summed E-state index contributed by atoms with van der Waals surface area (Å²) in [6, 6.07) is 19.9. The third kappa shape index (κ3) is 15.7. The van der Waals surface area contributed by atoms with E-state index >= 15 is 0 Å². The Kier molecular flexibility index (Phi) is 34.5. The van der Waals surface area contributed by atoms with Crippen molar-refractivity contribution in [3.63, 3.8) is 0 Å². The van der Waals surface area contributed by atoms with Crippen LogP contribution >= 0.6 is 0 Å². The normalized spacial score (nSPS) is 8.11. The molecule has 8 heteroatoms. The number of hydrogen-bond acceptors (Lipinski definition) is 2. The molecule has 0 aliphatic carbocycles. The molecule has 7 nitrogen and oxygen atoms in total. The van der Waals surface area contributed by atoms with E-state index in [1.54, 1.807) is 0 Å². The molecule has 0 aromatic heterocycles. The Morgan fingerprint density at radius 3 is 1.46 bits per heavy atom. The molecule has 0 saturated carbocycles. The Labute approximate surface area is 172 Å². The van der Waals surface area contributed by atoms with E-state index in [-0.39, 0.29) is 12.6 Å². The van der Waals surface area contributed by atoms with Gasteiger partial charge in [0.1, 0.15) is 0 Å². The minimum absolute atomic E-state index is 0.0576. The first-order chi connectivity index (χ1) is 13.8. The first-order valence-corrected chi connectivity index (χ1v) is 7.49. The molecule has 2 N–H and O–H groups in total. The van der Waals surface area contributed by atoms with Gasteiger partial charge in [0.05, 0.1) is 0 Å². The molecule has 0 heterocycles. The van der Waals surface area contributed by atoms with Crippen LogP contribution in [-0.4, -0.2) is 16.2 Å². The summed E-state index contributed by atoms with van der Waals surface area (Å²) < 4.78 is 38.4. The average Bonchev–Trinajstić information content (AvgIpc) is 2.85. The number of aliphatic hydroxyl groups excluding tert-OH is 1. The van der Waals surface area contributed by atoms with Gasteiger partial charge in [0.15, 0.2) is 0 Å². The van der Waals surface area contributed by atoms with Gasteiger partial charge in [-0.05, 0) is 0 Å². The van der Waals surface area contributed by atoms with Gasteiger partial charge in [-0.2, -0.15) is 0 Å². The molecule has 0 unspecified atom stereocenters. The zero-order chi connectivity index (χ0) is 22.8. The van der Waals surface area contributed by atoms with Crippen molar-refractivity contribution in [1.82, 2.24) is 5.32 Å². The van der Waals surface area contributed by atoms with E-state index in [0.717, 1.165) is 15.6 Å². The number of benzene rings is 2. The molecule has 1 atom stereocenters. The van der Waals surface area contributed by atoms with Gasteiger partial charge < -0.3 is 0 Å². The van der Waals surface area contributed by atoms with Crippen molar-refractivity contribution in [3.8, 4) is 0 Å². The zero-order valence-electron chi connectivity index (χ0n) is 14.5. The van der Waals surface area contributed by atoms with Crippen LogP contribution in [0.25, 0.3) is 0 Å². The summed E-state index contributed by atoms with van der Waals surface area (Å²) in [5.41, 5.74) is 2.16. The van der Waals surface area contributed by atoms with Crippen LogP contribution in [0.15, 0.2) is 60.7 Å². The third-order valence-corrected chi connectivity index (χ3v) is 3.28. The molecular weight excluding hydrogens is 402 g/mol. The molecule has 0 radical (unpaired) electrons. The van der Waals surface area contributed by atoms with E-state index in [1.165, 1.54) is 0 Å². The fourth-order valence-corrected chi connectivity index (χ4v) is 2.19. The first kappa shape index (κ1) is 33.1. The van der Waals surface area contributed by atoms with Gasteiger partial charge in [0.25, 0.3) is 0 Å². The van der Waals surface area contributed by atoms with Crippen LogP contribution in [0.3, 0.4) is 0 Å². The average molecular weight is 417 g/mol. The molecule has 0 aliphatic heterocycles. The van der Waals surface area contributed by atoms with Crippen molar-refractivity contribution in [2.24, 2.45) is 0 Å². The monoisotopic (exact) mass is 417 g/mol. The van der Waals surface area contributed by atoms with E-state index in [2.05, 4.69) is 54.4 Å². The molecule has 2 aromatic carbocycles. The summed E-state index contributed by atoms with van der Waals surface area (Å²) in [5.74, 6) is 0. The second kappa shape index (κ2) is 29.2. The summed E-state index contributed by atoms with van der Waals surface area (Å²) >= 11 is 3.02. The predicted octanol–water partition coefficient (Wildman–Crippen LogP) is 1.85. The Bertz CT molecular complexity index is 673. The Hall–Kier alpha value is -2.54. The molecule has 0 spiro atoms. The molecule has 0 fully saturated rings. The summed E-state index contributed by atoms with van der Waals surface area (Å²) in [6.07, 6.45) is 0. The van der Waals surface area contributed by atoms with Crippen LogP contribution in [0, 0.1) is 33.3 Å². The van der Waals surface area contributed by atoms with Crippen LogP contribution in [-0.2, 0) is 39.1 Å². The van der Waals surface area contributed by atoms with E-state index in [0.29, 0.717) is 0 Å². The SMILES string of the molecule is OC[C@H](N[C](=[Cr])c1ccccc1)c1ccccc1.[C-]#[O+].[C-]#[O+].[C-]#[O+].[C-]#[O+].[C-]#[O+]. The molecule has 0 saturated heterocycles. The van der Waals surface area contributed by atoms with Gasteiger partial charge in [-0.1, -0.05) is 0 Å². The molecule has 0 aliphatic rings. The maximum atomic E-state index is 9.49. The summed E-state index contributed by atoms with van der Waals surface area (Å²) in [5, 5.41) is 12.8. The van der Waals surface area contributed by atoms with Gasteiger partial charge in [-0.25, -0.2) is 0 Å². The molecule has 0 bridgehead atoms. The van der Waals surface area contributed by atoms with Crippen molar-refractivity contribution < 1.29 is 44.2 Å². The van der Waals surface area contributed by atoms with Crippen LogP contribution in [0.1, 0.15) is 17.2 Å². The standard InChI is InChI=1S/C15H15NO.5CO.Cr/c17-12-15(14-9-5-2-6-10-14)16-11-13-7-3-1-4-8-13;5*1-2;/h1-10,15-17H,12H2;;;;;;/t15-;;;;;;/m0....../s1. The Morgan fingerprint density at radius 2 is 1.11 bits per heavy atom. The molecule has 0 amide bonds. The van der Waals surface area contributed by atoms with Crippen molar-refractivity contribution >= 4 is 4.50 Å². The van der Waals surface area contributed by atoms with Crippen molar-refractivity contribution in [2.45, 2.75) is 6.04 Å². The summed E-state index contributed by atoms with van der Waals surface area (Å²) in [4.78, 5) is 0. The number of aliphatic hydroxyl groups is 1. The van der Waals surface area contributed by atoms with Gasteiger partial charge in [-0.15, -0.1) is 0 Å². The van der Waals surface area contributed by atoms with E-state index in [1.807, 2.05) is 60.7 Å². The van der Waals surface area contributed by atoms with Gasteiger partial charge in [0, 0.05) is 0 Å². The summed E-state index contributed by atoms with van der Waals surface area (Å²) in [6.45, 7) is 22.6. The quantitative estimate of drug-likeness (QED) is 0.568. The van der Waals surface area contributed by atoms with Crippen molar-refractivity contribution in [3.05, 3.63) is 105 Å². The van der Waals surface area contributed by atoms with Gasteiger partial charge in [-0.3, -0.25) is 0 Å². The number of hydrogen-bond donors (Lipinski definition) is 2. The molecule has 2 rings (SSSR count). The van der Waals surface area contributed by atoms with Gasteiger partial charge in [0.2, 0.25) is 0 Å². The fraction of sp³-hybridized carbons (Fsp3) is 0.100. The third-order valence-electron chi connectivity index (χ3n) is 2.73. The molecule has 28 heavy (non-hydrogen) atoms. The van der Waals surface area contributed by atoms with E-state index in [4.69, 9.17) is 23.3 Å². The molecule has 2 aromatic rings. The number of nitrogens with one attached hydrogen (secondary N) is 1. The Balaban J connectivity index is -0.000000251. The van der Waals surface area contributed by atoms with Crippen LogP contribution < -0.4 is 5.32 Å².